The molecule has 0 radical (unpaired) electrons. The van der Waals surface area contributed by atoms with Crippen molar-refractivity contribution in [1.82, 2.24) is 19.9 Å². The molecular formula is C21H24N6O. The minimum atomic E-state index is -0.272. The number of piperidine rings is 1. The fourth-order valence-electron chi connectivity index (χ4n) is 3.40. The third-order valence-corrected chi connectivity index (χ3v) is 4.77. The molecule has 0 bridgehead atoms. The van der Waals surface area contributed by atoms with E-state index in [9.17, 15) is 5.11 Å². The molecule has 3 aromatic heterocycles. The lowest BCUT2D eigenvalue weighted by molar-refractivity contribution is 0.154. The van der Waals surface area contributed by atoms with E-state index < -0.39 is 0 Å². The quantitative estimate of drug-likeness (QED) is 0.708. The summed E-state index contributed by atoms with van der Waals surface area (Å²) in [6, 6.07) is 11.7. The molecule has 1 atom stereocenters. The van der Waals surface area contributed by atoms with Gasteiger partial charge in [0.1, 0.15) is 17.5 Å². The van der Waals surface area contributed by atoms with E-state index in [4.69, 9.17) is 0 Å². The highest BCUT2D eigenvalue weighted by Crippen LogP contribution is 2.20. The Labute approximate surface area is 164 Å². The van der Waals surface area contributed by atoms with Gasteiger partial charge in [0.15, 0.2) is 0 Å². The fraction of sp³-hybridized carbons (Fsp3) is 0.333. The molecule has 2 N–H and O–H groups in total. The van der Waals surface area contributed by atoms with Gasteiger partial charge < -0.3 is 15.3 Å². The lowest BCUT2D eigenvalue weighted by Crippen LogP contribution is -2.38. The van der Waals surface area contributed by atoms with Crippen molar-refractivity contribution < 1.29 is 5.11 Å². The van der Waals surface area contributed by atoms with Gasteiger partial charge in [-0.1, -0.05) is 6.07 Å². The summed E-state index contributed by atoms with van der Waals surface area (Å²) in [5, 5.41) is 13.3. The van der Waals surface area contributed by atoms with Crippen LogP contribution < -0.4 is 10.2 Å². The molecule has 1 aliphatic heterocycles. The van der Waals surface area contributed by atoms with Crippen molar-refractivity contribution in [2.45, 2.75) is 32.4 Å². The predicted molar refractivity (Wildman–Crippen MR) is 109 cm³/mol. The monoisotopic (exact) mass is 376 g/mol. The molecule has 0 spiro atoms. The lowest BCUT2D eigenvalue weighted by atomic mass is 10.1. The second-order valence-corrected chi connectivity index (χ2v) is 7.02. The Morgan fingerprint density at radius 3 is 2.86 bits per heavy atom. The maximum absolute atomic E-state index is 9.91. The number of anilines is 2. The normalized spacial score (nSPS) is 16.8. The number of hydrogen-bond donors (Lipinski definition) is 2. The molecule has 1 saturated heterocycles. The van der Waals surface area contributed by atoms with Gasteiger partial charge in [0.25, 0.3) is 0 Å². The predicted octanol–water partition coefficient (Wildman–Crippen LogP) is 2.82. The number of rotatable bonds is 5. The molecule has 0 aromatic carbocycles. The van der Waals surface area contributed by atoms with Crippen molar-refractivity contribution in [3.63, 3.8) is 0 Å². The van der Waals surface area contributed by atoms with Crippen molar-refractivity contribution in [2.75, 3.05) is 23.3 Å². The van der Waals surface area contributed by atoms with Gasteiger partial charge in [-0.2, -0.15) is 0 Å². The zero-order chi connectivity index (χ0) is 19.3. The average Bonchev–Trinajstić information content (AvgIpc) is 2.73. The van der Waals surface area contributed by atoms with Gasteiger partial charge in [-0.25, -0.2) is 15.0 Å². The molecule has 144 valence electrons. The molecule has 1 fully saturated rings. The standard InChI is InChI=1S/C21H24N6O/c1-15-25-19(18-6-2-3-8-22-18)12-20(26-15)24-13-16-7-9-23-21(11-16)27-10-4-5-17(28)14-27/h2-3,6-9,11-12,17,28H,4-5,10,13-14H2,1H3,(H,24,25,26). The molecule has 3 aromatic rings. The van der Waals surface area contributed by atoms with Crippen LogP contribution in [0.15, 0.2) is 48.8 Å². The average molecular weight is 376 g/mol. The van der Waals surface area contributed by atoms with Gasteiger partial charge >= 0.3 is 0 Å². The van der Waals surface area contributed by atoms with Gasteiger partial charge in [0, 0.05) is 38.1 Å². The van der Waals surface area contributed by atoms with Crippen molar-refractivity contribution in [1.29, 1.82) is 0 Å². The molecule has 28 heavy (non-hydrogen) atoms. The van der Waals surface area contributed by atoms with Crippen LogP contribution in [0.3, 0.4) is 0 Å². The summed E-state index contributed by atoms with van der Waals surface area (Å²) in [6.45, 7) is 4.08. The molecular weight excluding hydrogens is 352 g/mol. The Morgan fingerprint density at radius 2 is 2.04 bits per heavy atom. The van der Waals surface area contributed by atoms with Crippen LogP contribution >= 0.6 is 0 Å². The minimum absolute atomic E-state index is 0.272. The van der Waals surface area contributed by atoms with Gasteiger partial charge in [-0.3, -0.25) is 4.98 Å². The van der Waals surface area contributed by atoms with Crippen LogP contribution in [0.4, 0.5) is 11.6 Å². The molecule has 0 aliphatic carbocycles. The second-order valence-electron chi connectivity index (χ2n) is 7.02. The SMILES string of the molecule is Cc1nc(NCc2ccnc(N3CCCC(O)C3)c2)cc(-c2ccccn2)n1. The zero-order valence-corrected chi connectivity index (χ0v) is 15.9. The number of pyridine rings is 2. The van der Waals surface area contributed by atoms with Crippen LogP contribution in [-0.2, 0) is 6.54 Å². The number of β-amino-alcohol motifs (C(OH)–C–C–N with tert-alkyl or cyclic N) is 1. The summed E-state index contributed by atoms with van der Waals surface area (Å²) in [7, 11) is 0. The highest BCUT2D eigenvalue weighted by Gasteiger charge is 2.18. The number of aliphatic hydroxyl groups is 1. The molecule has 1 aliphatic rings. The minimum Gasteiger partial charge on any atom is -0.391 e. The van der Waals surface area contributed by atoms with E-state index in [0.717, 1.165) is 48.0 Å². The first-order valence-corrected chi connectivity index (χ1v) is 9.56. The summed E-state index contributed by atoms with van der Waals surface area (Å²) in [5.74, 6) is 2.37. The maximum atomic E-state index is 9.91. The largest absolute Gasteiger partial charge is 0.391 e. The molecule has 1 unspecified atom stereocenters. The van der Waals surface area contributed by atoms with Gasteiger partial charge in [0.05, 0.1) is 17.5 Å². The topological polar surface area (TPSA) is 87.1 Å². The third kappa shape index (κ3) is 4.43. The van der Waals surface area contributed by atoms with E-state index in [1.807, 2.05) is 43.5 Å². The van der Waals surface area contributed by atoms with E-state index in [1.165, 1.54) is 0 Å². The molecule has 7 heteroatoms. The first kappa shape index (κ1) is 18.3. The van der Waals surface area contributed by atoms with E-state index in [-0.39, 0.29) is 6.10 Å². The molecule has 0 saturated carbocycles. The van der Waals surface area contributed by atoms with E-state index in [2.05, 4.69) is 36.2 Å². The Hall–Kier alpha value is -3.06. The third-order valence-electron chi connectivity index (χ3n) is 4.77. The number of nitrogens with zero attached hydrogens (tertiary/aromatic N) is 5. The van der Waals surface area contributed by atoms with Crippen LogP contribution in [0.5, 0.6) is 0 Å². The first-order chi connectivity index (χ1) is 13.7. The van der Waals surface area contributed by atoms with Crippen LogP contribution in [0.1, 0.15) is 24.2 Å². The van der Waals surface area contributed by atoms with Gasteiger partial charge in [-0.05, 0) is 49.6 Å². The van der Waals surface area contributed by atoms with E-state index in [0.29, 0.717) is 18.9 Å². The smallest absolute Gasteiger partial charge is 0.130 e. The Morgan fingerprint density at radius 1 is 1.11 bits per heavy atom. The van der Waals surface area contributed by atoms with Crippen LogP contribution in [0.25, 0.3) is 11.4 Å². The molecule has 0 amide bonds. The number of aromatic nitrogens is 4. The summed E-state index contributed by atoms with van der Waals surface area (Å²) < 4.78 is 0. The molecule has 4 rings (SSSR count). The molecule has 7 nitrogen and oxygen atoms in total. The van der Waals surface area contributed by atoms with Gasteiger partial charge in [0.2, 0.25) is 0 Å². The first-order valence-electron chi connectivity index (χ1n) is 9.56. The Kier molecular flexibility index (Phi) is 5.43. The maximum Gasteiger partial charge on any atom is 0.130 e. The molecule has 4 heterocycles. The van der Waals surface area contributed by atoms with Gasteiger partial charge in [-0.15, -0.1) is 0 Å². The summed E-state index contributed by atoms with van der Waals surface area (Å²) >= 11 is 0. The highest BCUT2D eigenvalue weighted by molar-refractivity contribution is 5.58. The van der Waals surface area contributed by atoms with Crippen LogP contribution in [0.2, 0.25) is 0 Å². The Bertz CT molecular complexity index is 933. The zero-order valence-electron chi connectivity index (χ0n) is 15.9. The lowest BCUT2D eigenvalue weighted by Gasteiger charge is -2.31. The van der Waals surface area contributed by atoms with Crippen molar-refractivity contribution >= 4 is 11.6 Å². The summed E-state index contributed by atoms with van der Waals surface area (Å²) in [6.07, 6.45) is 5.16. The summed E-state index contributed by atoms with van der Waals surface area (Å²) in [5.41, 5.74) is 2.74. The van der Waals surface area contributed by atoms with E-state index >= 15 is 0 Å². The van der Waals surface area contributed by atoms with Crippen molar-refractivity contribution in [3.8, 4) is 11.4 Å². The number of hydrogen-bond acceptors (Lipinski definition) is 7. The summed E-state index contributed by atoms with van der Waals surface area (Å²) in [4.78, 5) is 20.0. The number of nitrogens with one attached hydrogen (secondary N) is 1. The van der Waals surface area contributed by atoms with Crippen LogP contribution in [-0.4, -0.2) is 44.2 Å². The second kappa shape index (κ2) is 8.31. The Balaban J connectivity index is 1.47. The number of aliphatic hydroxyl groups excluding tert-OH is 1. The van der Waals surface area contributed by atoms with Crippen LogP contribution in [0, 0.1) is 6.92 Å². The number of aryl methyl sites for hydroxylation is 1. The van der Waals surface area contributed by atoms with E-state index in [1.54, 1.807) is 6.20 Å². The van der Waals surface area contributed by atoms with Crippen molar-refractivity contribution in [3.05, 3.63) is 60.2 Å². The highest BCUT2D eigenvalue weighted by atomic mass is 16.3. The fourth-order valence-corrected chi connectivity index (χ4v) is 3.40. The van der Waals surface area contributed by atoms with Crippen molar-refractivity contribution in [2.24, 2.45) is 0 Å².